The lowest BCUT2D eigenvalue weighted by Gasteiger charge is -2.33. The quantitative estimate of drug-likeness (QED) is 0.800. The minimum absolute atomic E-state index is 0.0722. The Morgan fingerprint density at radius 3 is 2.48 bits per heavy atom. The van der Waals surface area contributed by atoms with Crippen LogP contribution in [-0.4, -0.2) is 51.4 Å². The molecule has 1 amide bonds. The van der Waals surface area contributed by atoms with E-state index < -0.39 is 22.0 Å². The molecule has 1 N–H and O–H groups in total. The van der Waals surface area contributed by atoms with E-state index in [4.69, 9.17) is 4.74 Å². The van der Waals surface area contributed by atoms with E-state index in [9.17, 15) is 18.1 Å². The molecule has 1 spiro atoms. The van der Waals surface area contributed by atoms with Crippen molar-refractivity contribution in [3.05, 3.63) is 29.2 Å². The number of hydrogen-bond acceptors (Lipinski definition) is 6. The van der Waals surface area contributed by atoms with Crippen LogP contribution in [0.25, 0.3) is 0 Å². The number of benzene rings is 1. The zero-order chi connectivity index (χ0) is 18.1. The average Bonchev–Trinajstić information content (AvgIpc) is 3.01. The molecule has 25 heavy (non-hydrogen) atoms. The van der Waals surface area contributed by atoms with E-state index in [2.05, 4.69) is 10.5 Å². The van der Waals surface area contributed by atoms with Crippen molar-refractivity contribution in [3.63, 3.8) is 0 Å². The summed E-state index contributed by atoms with van der Waals surface area (Å²) in [5.41, 5.74) is -0.282. The fourth-order valence-corrected chi connectivity index (χ4v) is 5.44. The zero-order valence-electron chi connectivity index (χ0n) is 14.0. The van der Waals surface area contributed by atoms with E-state index in [0.29, 0.717) is 12.2 Å². The normalized spacial score (nSPS) is 23.5. The largest absolute Gasteiger partial charge is 0.497 e. The summed E-state index contributed by atoms with van der Waals surface area (Å²) in [6.45, 7) is 1.77. The van der Waals surface area contributed by atoms with E-state index in [1.165, 1.54) is 19.2 Å². The molecule has 2 aliphatic heterocycles. The van der Waals surface area contributed by atoms with Crippen LogP contribution in [0.2, 0.25) is 0 Å². The van der Waals surface area contributed by atoms with Gasteiger partial charge in [0.2, 0.25) is 10.0 Å². The number of carbonyl (C=O) groups is 1. The first-order valence-electron chi connectivity index (χ1n) is 8.16. The third-order valence-electron chi connectivity index (χ3n) is 5.17. The van der Waals surface area contributed by atoms with Gasteiger partial charge in [-0.3, -0.25) is 4.79 Å². The second kappa shape index (κ2) is 6.81. The minimum atomic E-state index is -3.91. The predicted molar refractivity (Wildman–Crippen MR) is 90.6 cm³/mol. The van der Waals surface area contributed by atoms with Gasteiger partial charge in [0, 0.05) is 11.7 Å². The summed E-state index contributed by atoms with van der Waals surface area (Å²) in [6, 6.07) is 4.97. The molecule has 0 saturated carbocycles. The van der Waals surface area contributed by atoms with Crippen LogP contribution in [0, 0.1) is 10.3 Å². The molecule has 2 heterocycles. The van der Waals surface area contributed by atoms with Gasteiger partial charge >= 0.3 is 5.91 Å². The fraction of sp³-hybridized carbons (Fsp3) is 0.562. The van der Waals surface area contributed by atoms with Crippen LogP contribution >= 0.6 is 0 Å². The number of ether oxygens (including phenoxy) is 1. The molecule has 8 nitrogen and oxygen atoms in total. The van der Waals surface area contributed by atoms with E-state index >= 15 is 0 Å². The predicted octanol–water partition coefficient (Wildman–Crippen LogP) is 1.12. The van der Waals surface area contributed by atoms with Crippen molar-refractivity contribution >= 4 is 15.9 Å². The Bertz CT molecular complexity index is 756. The number of nitrogens with zero attached hydrogens (tertiary/aromatic N) is 2. The van der Waals surface area contributed by atoms with E-state index in [1.54, 1.807) is 12.1 Å². The van der Waals surface area contributed by atoms with Crippen LogP contribution in [-0.2, 0) is 14.8 Å². The molecule has 136 valence electrons. The number of rotatable bonds is 4. The number of piperidine rings is 1. The molecule has 2 aliphatic rings. The van der Waals surface area contributed by atoms with Gasteiger partial charge in [0.1, 0.15) is 11.8 Å². The van der Waals surface area contributed by atoms with Crippen LogP contribution < -0.4 is 10.1 Å². The highest BCUT2D eigenvalue weighted by molar-refractivity contribution is 7.89. The summed E-state index contributed by atoms with van der Waals surface area (Å²) >= 11 is 0. The van der Waals surface area contributed by atoms with Crippen molar-refractivity contribution < 1.29 is 17.9 Å². The molecule has 3 rings (SSSR count). The number of methoxy groups -OCH3 is 1. The second-order valence-corrected chi connectivity index (χ2v) is 8.52. The van der Waals surface area contributed by atoms with E-state index in [1.807, 2.05) is 0 Å². The number of sulfonamides is 1. The Kier molecular flexibility index (Phi) is 4.90. The molecular weight excluding hydrogens is 346 g/mol. The third kappa shape index (κ3) is 3.31. The number of carbonyl (C=O) groups excluding carboxylic acids is 1. The second-order valence-electron chi connectivity index (χ2n) is 6.63. The van der Waals surface area contributed by atoms with Crippen molar-refractivity contribution in [1.82, 2.24) is 9.62 Å². The van der Waals surface area contributed by atoms with Gasteiger partial charge in [-0.2, -0.15) is 4.31 Å². The Hall–Kier alpha value is -1.84. The van der Waals surface area contributed by atoms with Crippen molar-refractivity contribution in [3.8, 4) is 5.75 Å². The Morgan fingerprint density at radius 2 is 1.92 bits per heavy atom. The van der Waals surface area contributed by atoms with E-state index in [0.717, 1.165) is 30.2 Å². The van der Waals surface area contributed by atoms with Crippen molar-refractivity contribution in [2.24, 2.45) is 10.6 Å². The van der Waals surface area contributed by atoms with Crippen LogP contribution in [0.4, 0.5) is 0 Å². The standard InChI is InChI=1S/C16H21N3O5S/c1-24-12-2-4-13(5-3-12)25(22,23)19-11-16(6-8-17-9-7-16)10-14(19)15(20)18-21/h2-5,14,17H,6-11H2,1H3. The Labute approximate surface area is 146 Å². The van der Waals surface area contributed by atoms with Gasteiger partial charge in [0.25, 0.3) is 0 Å². The van der Waals surface area contributed by atoms with Gasteiger partial charge in [-0.1, -0.05) is 0 Å². The van der Waals surface area contributed by atoms with Gasteiger partial charge in [0.15, 0.2) is 0 Å². The molecule has 2 fully saturated rings. The van der Waals surface area contributed by atoms with Crippen LogP contribution in [0.15, 0.2) is 34.3 Å². The summed E-state index contributed by atoms with van der Waals surface area (Å²) in [4.78, 5) is 22.9. The smallest absolute Gasteiger partial charge is 0.304 e. The molecular formula is C16H21N3O5S. The topological polar surface area (TPSA) is 105 Å². The fourth-order valence-electron chi connectivity index (χ4n) is 3.74. The van der Waals surface area contributed by atoms with Gasteiger partial charge in [-0.15, -0.1) is 4.91 Å². The maximum Gasteiger partial charge on any atom is 0.304 e. The summed E-state index contributed by atoms with van der Waals surface area (Å²) in [5, 5.41) is 5.74. The summed E-state index contributed by atoms with van der Waals surface area (Å²) < 4.78 is 32.3. The SMILES string of the molecule is COc1ccc(S(=O)(=O)N2CC3(CCNCC3)CC2C(=O)N=O)cc1. The molecule has 0 aromatic heterocycles. The Morgan fingerprint density at radius 1 is 1.28 bits per heavy atom. The zero-order valence-corrected chi connectivity index (χ0v) is 14.8. The number of nitroso groups, excluding NO2 is 1. The third-order valence-corrected chi connectivity index (χ3v) is 7.04. The lowest BCUT2D eigenvalue weighted by molar-refractivity contribution is -0.121. The number of amides is 1. The lowest BCUT2D eigenvalue weighted by atomic mass is 9.77. The molecule has 0 bridgehead atoms. The molecule has 0 radical (unpaired) electrons. The van der Waals surface area contributed by atoms with Gasteiger partial charge < -0.3 is 10.1 Å². The van der Waals surface area contributed by atoms with Crippen LogP contribution in [0.1, 0.15) is 19.3 Å². The minimum Gasteiger partial charge on any atom is -0.497 e. The van der Waals surface area contributed by atoms with Crippen molar-refractivity contribution in [1.29, 1.82) is 0 Å². The van der Waals surface area contributed by atoms with Crippen molar-refractivity contribution in [2.45, 2.75) is 30.2 Å². The van der Waals surface area contributed by atoms with Gasteiger partial charge in [-0.25, -0.2) is 8.42 Å². The highest BCUT2D eigenvalue weighted by Gasteiger charge is 2.52. The monoisotopic (exact) mass is 367 g/mol. The maximum absolute atomic E-state index is 13.1. The molecule has 1 atom stereocenters. The van der Waals surface area contributed by atoms with Gasteiger partial charge in [-0.05, 0) is 62.0 Å². The maximum atomic E-state index is 13.1. The molecule has 1 aromatic rings. The number of hydrogen-bond donors (Lipinski definition) is 1. The molecule has 9 heteroatoms. The number of nitrogens with one attached hydrogen (secondary N) is 1. The van der Waals surface area contributed by atoms with E-state index in [-0.39, 0.29) is 16.9 Å². The average molecular weight is 367 g/mol. The highest BCUT2D eigenvalue weighted by Crippen LogP contribution is 2.44. The first kappa shape index (κ1) is 18.0. The summed E-state index contributed by atoms with van der Waals surface area (Å²) in [5.74, 6) is -0.384. The van der Waals surface area contributed by atoms with Crippen molar-refractivity contribution in [2.75, 3.05) is 26.7 Å². The first-order chi connectivity index (χ1) is 11.9. The molecule has 1 unspecified atom stereocenters. The lowest BCUT2D eigenvalue weighted by Crippen LogP contribution is -2.41. The first-order valence-corrected chi connectivity index (χ1v) is 9.60. The van der Waals surface area contributed by atoms with Crippen LogP contribution in [0.5, 0.6) is 5.75 Å². The summed E-state index contributed by atoms with van der Waals surface area (Å²) in [6.07, 6.45) is 1.88. The molecule has 0 aliphatic carbocycles. The summed E-state index contributed by atoms with van der Waals surface area (Å²) in [7, 11) is -2.41. The van der Waals surface area contributed by atoms with Gasteiger partial charge in [0.05, 0.1) is 12.0 Å². The van der Waals surface area contributed by atoms with Crippen LogP contribution in [0.3, 0.4) is 0 Å². The molecule has 2 saturated heterocycles. The Balaban J connectivity index is 1.95. The molecule has 1 aromatic carbocycles. The highest BCUT2D eigenvalue weighted by atomic mass is 32.2.